The van der Waals surface area contributed by atoms with Crippen molar-refractivity contribution in [2.75, 3.05) is 0 Å². The smallest absolute Gasteiger partial charge is 0.209 e. The average Bonchev–Trinajstić information content (AvgIpc) is 2.56. The van der Waals surface area contributed by atoms with E-state index in [2.05, 4.69) is 19.9 Å². The number of aliphatic hydroxyl groups is 2. The fourth-order valence-electron chi connectivity index (χ4n) is 2.55. The van der Waals surface area contributed by atoms with Gasteiger partial charge in [0, 0.05) is 11.1 Å². The van der Waals surface area contributed by atoms with Crippen molar-refractivity contribution in [3.8, 4) is 0 Å². The Morgan fingerprint density at radius 2 is 2.21 bits per heavy atom. The summed E-state index contributed by atoms with van der Waals surface area (Å²) in [5, 5.41) is 20.2. The van der Waals surface area contributed by atoms with E-state index in [1.54, 1.807) is 12.2 Å². The number of allylic oxidation sites excluding steroid dienone is 5. The molecule has 0 unspecified atom stereocenters. The van der Waals surface area contributed by atoms with Gasteiger partial charge in [-0.05, 0) is 31.9 Å². The van der Waals surface area contributed by atoms with E-state index in [4.69, 9.17) is 16.3 Å². The van der Waals surface area contributed by atoms with Crippen molar-refractivity contribution in [3.05, 3.63) is 58.1 Å². The van der Waals surface area contributed by atoms with Crippen LogP contribution in [-0.2, 0) is 9.53 Å². The lowest BCUT2D eigenvalue weighted by Gasteiger charge is -2.35. The van der Waals surface area contributed by atoms with Gasteiger partial charge >= 0.3 is 0 Å². The summed E-state index contributed by atoms with van der Waals surface area (Å²) >= 11 is 6.09. The topological polar surface area (TPSA) is 66.8 Å². The number of hydrogen-bond acceptors (Lipinski definition) is 4. The summed E-state index contributed by atoms with van der Waals surface area (Å²) in [6.07, 6.45) is 8.48. The number of Topliss-reactive ketones (excluding diaryl/α,β-unsaturated/α-hetero) is 1. The van der Waals surface area contributed by atoms with Crippen LogP contribution < -0.4 is 0 Å². The fourth-order valence-corrected chi connectivity index (χ4v) is 2.91. The Labute approximate surface area is 147 Å². The van der Waals surface area contributed by atoms with Gasteiger partial charge < -0.3 is 14.9 Å². The number of fused-ring (bicyclic) bond motifs is 1. The van der Waals surface area contributed by atoms with Crippen molar-refractivity contribution in [1.82, 2.24) is 0 Å². The molecule has 0 aromatic rings. The first-order valence-electron chi connectivity index (χ1n) is 7.98. The molecular formula is C19H23ClO4. The highest BCUT2D eigenvalue weighted by molar-refractivity contribution is 6.45. The van der Waals surface area contributed by atoms with Crippen molar-refractivity contribution in [2.24, 2.45) is 5.92 Å². The molecule has 1 heterocycles. The maximum Gasteiger partial charge on any atom is 0.209 e. The summed E-state index contributed by atoms with van der Waals surface area (Å²) in [5.74, 6) is 0.302. The van der Waals surface area contributed by atoms with Gasteiger partial charge in [-0.3, -0.25) is 4.79 Å². The Morgan fingerprint density at radius 1 is 1.54 bits per heavy atom. The summed E-state index contributed by atoms with van der Waals surface area (Å²) in [6, 6.07) is 0. The highest BCUT2D eigenvalue weighted by atomic mass is 35.5. The molecule has 0 radical (unpaired) electrons. The molecule has 0 saturated heterocycles. The zero-order chi connectivity index (χ0) is 18.1. The van der Waals surface area contributed by atoms with Crippen molar-refractivity contribution in [2.45, 2.75) is 45.8 Å². The number of aliphatic hydroxyl groups excluding tert-OH is 1. The molecule has 0 spiro atoms. The van der Waals surface area contributed by atoms with Crippen LogP contribution in [-0.4, -0.2) is 27.7 Å². The van der Waals surface area contributed by atoms with E-state index >= 15 is 0 Å². The zero-order valence-corrected chi connectivity index (χ0v) is 15.1. The maximum atomic E-state index is 12.1. The standard InChI is InChI=1S/C19H23ClO4/c1-5-11(2)8-12(3)6-7-13-9-14-15(10-24-13)17(21)19(4,23)18(22)16(14)20/h6-11,17,21,23H,5H2,1-4H3/b7-6+,12-8+/t11-,17+,19-/m0/s1. The molecule has 0 aromatic heterocycles. The first-order valence-corrected chi connectivity index (χ1v) is 8.36. The molecule has 0 saturated carbocycles. The molecule has 5 heteroatoms. The lowest BCUT2D eigenvalue weighted by molar-refractivity contribution is -0.140. The second kappa shape index (κ2) is 7.09. The minimum absolute atomic E-state index is 0.0994. The lowest BCUT2D eigenvalue weighted by Crippen LogP contribution is -2.51. The number of ketones is 1. The van der Waals surface area contributed by atoms with Crippen LogP contribution in [0, 0.1) is 5.92 Å². The highest BCUT2D eigenvalue weighted by Gasteiger charge is 2.48. The average molecular weight is 351 g/mol. The Bertz CT molecular complexity index is 692. The molecule has 0 fully saturated rings. The normalized spacial score (nSPS) is 29.2. The van der Waals surface area contributed by atoms with E-state index < -0.39 is 17.5 Å². The monoisotopic (exact) mass is 350 g/mol. The first kappa shape index (κ1) is 18.7. The highest BCUT2D eigenvalue weighted by Crippen LogP contribution is 2.39. The fraction of sp³-hybridized carbons (Fsp3) is 0.421. The predicted molar refractivity (Wildman–Crippen MR) is 94.1 cm³/mol. The van der Waals surface area contributed by atoms with Crippen molar-refractivity contribution in [3.63, 3.8) is 0 Å². The molecule has 2 N–H and O–H groups in total. The Kier molecular flexibility index (Phi) is 5.53. The van der Waals surface area contributed by atoms with Gasteiger partial charge in [0.15, 0.2) is 5.60 Å². The number of carbonyl (C=O) groups is 1. The van der Waals surface area contributed by atoms with Crippen LogP contribution in [0.25, 0.3) is 0 Å². The van der Waals surface area contributed by atoms with Crippen molar-refractivity contribution < 1.29 is 19.7 Å². The third kappa shape index (κ3) is 3.56. The van der Waals surface area contributed by atoms with Crippen LogP contribution in [0.5, 0.6) is 0 Å². The van der Waals surface area contributed by atoms with Gasteiger partial charge in [-0.25, -0.2) is 0 Å². The maximum absolute atomic E-state index is 12.1. The molecular weight excluding hydrogens is 328 g/mol. The SMILES string of the molecule is CC[C@H](C)/C=C(C)/C=C/C1=CC2=C(Cl)C(=O)[C@@](C)(O)[C@H](O)C2=CO1. The Balaban J connectivity index is 2.30. The van der Waals surface area contributed by atoms with Crippen LogP contribution in [0.15, 0.2) is 58.1 Å². The second-order valence-corrected chi connectivity index (χ2v) is 6.85. The number of hydrogen-bond donors (Lipinski definition) is 2. The number of carbonyl (C=O) groups excluding carboxylic acids is 1. The van der Waals surface area contributed by atoms with E-state index in [1.807, 2.05) is 13.0 Å². The summed E-state index contributed by atoms with van der Waals surface area (Å²) < 4.78 is 5.49. The van der Waals surface area contributed by atoms with Gasteiger partial charge in [0.2, 0.25) is 5.78 Å². The van der Waals surface area contributed by atoms with Crippen molar-refractivity contribution in [1.29, 1.82) is 0 Å². The summed E-state index contributed by atoms with van der Waals surface area (Å²) in [6.45, 7) is 7.52. The molecule has 0 bridgehead atoms. The van der Waals surface area contributed by atoms with E-state index in [9.17, 15) is 15.0 Å². The molecule has 1 aliphatic carbocycles. The van der Waals surface area contributed by atoms with Crippen LogP contribution in [0.1, 0.15) is 34.1 Å². The van der Waals surface area contributed by atoms with Gasteiger partial charge in [-0.15, -0.1) is 0 Å². The van der Waals surface area contributed by atoms with Crippen LogP contribution >= 0.6 is 11.6 Å². The molecule has 24 heavy (non-hydrogen) atoms. The quantitative estimate of drug-likeness (QED) is 0.761. The summed E-state index contributed by atoms with van der Waals surface area (Å²) in [7, 11) is 0. The molecule has 0 amide bonds. The minimum Gasteiger partial charge on any atom is -0.465 e. The molecule has 0 aromatic carbocycles. The third-order valence-corrected chi connectivity index (χ3v) is 4.72. The number of halogens is 1. The van der Waals surface area contributed by atoms with E-state index in [1.165, 1.54) is 13.2 Å². The van der Waals surface area contributed by atoms with Crippen LogP contribution in [0.4, 0.5) is 0 Å². The second-order valence-electron chi connectivity index (χ2n) is 6.47. The predicted octanol–water partition coefficient (Wildman–Crippen LogP) is 3.52. The molecule has 4 nitrogen and oxygen atoms in total. The largest absolute Gasteiger partial charge is 0.465 e. The third-order valence-electron chi connectivity index (χ3n) is 4.34. The number of rotatable bonds is 4. The van der Waals surface area contributed by atoms with E-state index in [-0.39, 0.29) is 5.03 Å². The van der Waals surface area contributed by atoms with Gasteiger partial charge in [0.25, 0.3) is 0 Å². The van der Waals surface area contributed by atoms with Crippen LogP contribution in [0.3, 0.4) is 0 Å². The Hall–Kier alpha value is -1.62. The van der Waals surface area contributed by atoms with Gasteiger partial charge in [0.05, 0.1) is 11.3 Å². The summed E-state index contributed by atoms with van der Waals surface area (Å²) in [4.78, 5) is 12.1. The van der Waals surface area contributed by atoms with Crippen LogP contribution in [0.2, 0.25) is 0 Å². The summed E-state index contributed by atoms with van der Waals surface area (Å²) in [5.41, 5.74) is -0.165. The Morgan fingerprint density at radius 3 is 2.83 bits per heavy atom. The van der Waals surface area contributed by atoms with Gasteiger partial charge in [0.1, 0.15) is 11.9 Å². The first-order chi connectivity index (χ1) is 11.2. The lowest BCUT2D eigenvalue weighted by atomic mass is 9.79. The number of ether oxygens (including phenoxy) is 1. The van der Waals surface area contributed by atoms with E-state index in [0.29, 0.717) is 22.8 Å². The van der Waals surface area contributed by atoms with Gasteiger partial charge in [-0.2, -0.15) is 0 Å². The zero-order valence-electron chi connectivity index (χ0n) is 14.3. The molecule has 1 aliphatic heterocycles. The minimum atomic E-state index is -1.95. The van der Waals surface area contributed by atoms with Crippen molar-refractivity contribution >= 4 is 17.4 Å². The molecule has 3 atom stereocenters. The molecule has 2 rings (SSSR count). The van der Waals surface area contributed by atoms with E-state index in [0.717, 1.165) is 12.0 Å². The van der Waals surface area contributed by atoms with Gasteiger partial charge in [-0.1, -0.05) is 49.6 Å². The molecule has 130 valence electrons. The molecule has 2 aliphatic rings.